The van der Waals surface area contributed by atoms with Crippen LogP contribution in [0, 0.1) is 0 Å². The minimum absolute atomic E-state index is 0.142. The first-order valence-corrected chi connectivity index (χ1v) is 11.1. The van der Waals surface area contributed by atoms with Crippen LogP contribution in [-0.4, -0.2) is 25.8 Å². The number of fused-ring (bicyclic) bond motifs is 3. The van der Waals surface area contributed by atoms with Gasteiger partial charge in [0.15, 0.2) is 5.16 Å². The van der Waals surface area contributed by atoms with Crippen molar-refractivity contribution in [2.45, 2.75) is 37.4 Å². The quantitative estimate of drug-likeness (QED) is 0.432. The molecule has 2 heterocycles. The van der Waals surface area contributed by atoms with Crippen LogP contribution >= 0.6 is 11.8 Å². The predicted octanol–water partition coefficient (Wildman–Crippen LogP) is 5.20. The van der Waals surface area contributed by atoms with Crippen LogP contribution in [-0.2, 0) is 19.4 Å². The Bertz CT molecular complexity index is 1160. The van der Waals surface area contributed by atoms with E-state index in [9.17, 15) is 4.79 Å². The van der Waals surface area contributed by atoms with Crippen molar-refractivity contribution in [2.75, 3.05) is 5.75 Å². The highest BCUT2D eigenvalue weighted by Gasteiger charge is 2.23. The van der Waals surface area contributed by atoms with E-state index in [1.807, 2.05) is 41.2 Å². The summed E-state index contributed by atoms with van der Waals surface area (Å²) in [5.41, 5.74) is 4.87. The maximum atomic E-state index is 13.3. The highest BCUT2D eigenvalue weighted by molar-refractivity contribution is 7.99. The van der Waals surface area contributed by atoms with Crippen LogP contribution in [0.5, 0.6) is 0 Å². The van der Waals surface area contributed by atoms with Crippen LogP contribution in [0.25, 0.3) is 10.9 Å². The van der Waals surface area contributed by atoms with Crippen molar-refractivity contribution in [3.8, 4) is 0 Å². The van der Waals surface area contributed by atoms with Gasteiger partial charge in [0, 0.05) is 30.0 Å². The molecule has 146 valence electrons. The average molecular weight is 402 g/mol. The molecule has 29 heavy (non-hydrogen) atoms. The van der Waals surface area contributed by atoms with Gasteiger partial charge in [0.1, 0.15) is 0 Å². The second-order valence-corrected chi connectivity index (χ2v) is 8.43. The molecule has 0 fully saturated rings. The Morgan fingerprint density at radius 3 is 2.69 bits per heavy atom. The maximum Gasteiger partial charge on any atom is 0.241 e. The molecule has 4 aromatic rings. The van der Waals surface area contributed by atoms with Gasteiger partial charge in [-0.1, -0.05) is 60.3 Å². The Morgan fingerprint density at radius 1 is 1.00 bits per heavy atom. The van der Waals surface area contributed by atoms with Crippen LogP contribution in [0.1, 0.15) is 34.5 Å². The van der Waals surface area contributed by atoms with Crippen molar-refractivity contribution >= 4 is 28.6 Å². The molecule has 2 aromatic carbocycles. The number of hydrogen-bond acceptors (Lipinski definition) is 3. The number of benzene rings is 2. The van der Waals surface area contributed by atoms with Gasteiger partial charge >= 0.3 is 0 Å². The first-order chi connectivity index (χ1) is 14.3. The molecule has 0 saturated carbocycles. The molecule has 4 nitrogen and oxygen atoms in total. The molecule has 0 aliphatic heterocycles. The van der Waals surface area contributed by atoms with E-state index in [1.165, 1.54) is 40.4 Å². The summed E-state index contributed by atoms with van der Waals surface area (Å²) in [4.78, 5) is 17.7. The third kappa shape index (κ3) is 3.51. The molecule has 0 saturated heterocycles. The standard InChI is InChI=1S/C24H23N3OS/c28-23(17-29-24-25-14-15-26(24)16-18-8-2-1-3-9-18)27-21-12-6-4-10-19(21)20-11-5-7-13-22(20)27/h1-4,6,8-10,12,14-15H,5,7,11,13,16-17H2. The summed E-state index contributed by atoms with van der Waals surface area (Å²) in [6.07, 6.45) is 8.22. The first-order valence-electron chi connectivity index (χ1n) is 10.1. The predicted molar refractivity (Wildman–Crippen MR) is 118 cm³/mol. The molecule has 1 aliphatic rings. The molecule has 0 bridgehead atoms. The van der Waals surface area contributed by atoms with Gasteiger partial charge in [-0.15, -0.1) is 0 Å². The van der Waals surface area contributed by atoms with Crippen LogP contribution in [0.4, 0.5) is 0 Å². The summed E-state index contributed by atoms with van der Waals surface area (Å²) in [6.45, 7) is 0.763. The second kappa shape index (κ2) is 7.91. The Labute approximate surface area is 174 Å². The molecular weight excluding hydrogens is 378 g/mol. The molecule has 5 heteroatoms. The van der Waals surface area contributed by atoms with E-state index >= 15 is 0 Å². The summed E-state index contributed by atoms with van der Waals surface area (Å²) in [7, 11) is 0. The van der Waals surface area contributed by atoms with E-state index < -0.39 is 0 Å². The van der Waals surface area contributed by atoms with Gasteiger partial charge < -0.3 is 4.57 Å². The fourth-order valence-corrected chi connectivity index (χ4v) is 5.12. The Morgan fingerprint density at radius 2 is 1.79 bits per heavy atom. The van der Waals surface area contributed by atoms with E-state index in [0.717, 1.165) is 36.5 Å². The average Bonchev–Trinajstić information content (AvgIpc) is 3.35. The SMILES string of the molecule is O=C(CSc1nccn1Cc1ccccc1)n1c2c(c3ccccc31)CCCC2. The monoisotopic (exact) mass is 401 g/mol. The van der Waals surface area contributed by atoms with Crippen LogP contribution in [0.2, 0.25) is 0 Å². The highest BCUT2D eigenvalue weighted by Crippen LogP contribution is 2.32. The minimum atomic E-state index is 0.142. The zero-order chi connectivity index (χ0) is 19.6. The molecule has 5 rings (SSSR count). The van der Waals surface area contributed by atoms with Crippen LogP contribution in [0.15, 0.2) is 72.1 Å². The van der Waals surface area contributed by atoms with Crippen molar-refractivity contribution < 1.29 is 4.79 Å². The Balaban J connectivity index is 1.38. The van der Waals surface area contributed by atoms with Gasteiger partial charge in [-0.05, 0) is 42.9 Å². The smallest absolute Gasteiger partial charge is 0.241 e. The fourth-order valence-electron chi connectivity index (χ4n) is 4.31. The highest BCUT2D eigenvalue weighted by atomic mass is 32.2. The molecular formula is C24H23N3OS. The first kappa shape index (κ1) is 18.3. The molecule has 0 unspecified atom stereocenters. The normalized spacial score (nSPS) is 13.5. The van der Waals surface area contributed by atoms with Crippen LogP contribution in [0.3, 0.4) is 0 Å². The summed E-state index contributed by atoms with van der Waals surface area (Å²) in [5.74, 6) is 0.528. The number of rotatable bonds is 5. The number of para-hydroxylation sites is 1. The number of carbonyl (C=O) groups excluding carboxylic acids is 1. The summed E-state index contributed by atoms with van der Waals surface area (Å²) >= 11 is 1.52. The Kier molecular flexibility index (Phi) is 4.98. The number of imidazole rings is 1. The molecule has 0 radical (unpaired) electrons. The second-order valence-electron chi connectivity index (χ2n) is 7.49. The van der Waals surface area contributed by atoms with Crippen molar-refractivity contribution in [3.05, 3.63) is 83.8 Å². The lowest BCUT2D eigenvalue weighted by atomic mass is 9.96. The van der Waals surface area contributed by atoms with E-state index in [4.69, 9.17) is 0 Å². The van der Waals surface area contributed by atoms with Gasteiger partial charge in [-0.2, -0.15) is 0 Å². The number of aromatic nitrogens is 3. The van der Waals surface area contributed by atoms with Gasteiger partial charge in [0.2, 0.25) is 5.91 Å². The van der Waals surface area contributed by atoms with E-state index in [-0.39, 0.29) is 5.91 Å². The number of hydrogen-bond donors (Lipinski definition) is 0. The van der Waals surface area contributed by atoms with Crippen molar-refractivity contribution in [2.24, 2.45) is 0 Å². The van der Waals surface area contributed by atoms with Gasteiger partial charge in [-0.3, -0.25) is 9.36 Å². The largest absolute Gasteiger partial charge is 0.322 e. The number of carbonyl (C=O) groups is 1. The maximum absolute atomic E-state index is 13.3. The van der Waals surface area contributed by atoms with Gasteiger partial charge in [0.05, 0.1) is 11.3 Å². The van der Waals surface area contributed by atoms with E-state index in [0.29, 0.717) is 5.75 Å². The topological polar surface area (TPSA) is 39.8 Å². The lowest BCUT2D eigenvalue weighted by Crippen LogP contribution is -2.18. The molecule has 2 aromatic heterocycles. The molecule has 0 atom stereocenters. The summed E-state index contributed by atoms with van der Waals surface area (Å²) < 4.78 is 4.08. The molecule has 0 N–H and O–H groups in total. The van der Waals surface area contributed by atoms with Crippen molar-refractivity contribution in [1.29, 1.82) is 0 Å². The third-order valence-corrected chi connectivity index (χ3v) is 6.62. The van der Waals surface area contributed by atoms with Crippen LogP contribution < -0.4 is 0 Å². The van der Waals surface area contributed by atoms with Gasteiger partial charge in [0.25, 0.3) is 0 Å². The zero-order valence-electron chi connectivity index (χ0n) is 16.3. The molecule has 0 amide bonds. The number of aryl methyl sites for hydroxylation is 1. The summed E-state index contributed by atoms with van der Waals surface area (Å²) in [6, 6.07) is 18.7. The third-order valence-electron chi connectivity index (χ3n) is 5.63. The molecule has 0 spiro atoms. The van der Waals surface area contributed by atoms with E-state index in [1.54, 1.807) is 0 Å². The lowest BCUT2D eigenvalue weighted by Gasteiger charge is -2.15. The minimum Gasteiger partial charge on any atom is -0.322 e. The Hall–Kier alpha value is -2.79. The molecule has 1 aliphatic carbocycles. The van der Waals surface area contributed by atoms with Crippen molar-refractivity contribution in [3.63, 3.8) is 0 Å². The fraction of sp³-hybridized carbons (Fsp3) is 0.250. The lowest BCUT2D eigenvalue weighted by molar-refractivity contribution is 0.0943. The van der Waals surface area contributed by atoms with Gasteiger partial charge in [-0.25, -0.2) is 4.98 Å². The van der Waals surface area contributed by atoms with Crippen molar-refractivity contribution in [1.82, 2.24) is 14.1 Å². The van der Waals surface area contributed by atoms with E-state index in [2.05, 4.69) is 39.9 Å². The zero-order valence-corrected chi connectivity index (χ0v) is 17.1. The number of thioether (sulfide) groups is 1. The summed E-state index contributed by atoms with van der Waals surface area (Å²) in [5, 5.41) is 2.12. The number of nitrogens with zero attached hydrogens (tertiary/aromatic N) is 3.